The number of hydrogen-bond donors (Lipinski definition) is 2. The average molecular weight is 389 g/mol. The Morgan fingerprint density at radius 3 is 2.52 bits per heavy atom. The van der Waals surface area contributed by atoms with Gasteiger partial charge in [0, 0.05) is 11.3 Å². The Bertz CT molecular complexity index is 1040. The molecule has 0 aliphatic rings. The summed E-state index contributed by atoms with van der Waals surface area (Å²) in [5.41, 5.74) is 4.63. The quantitative estimate of drug-likeness (QED) is 0.380. The zero-order valence-corrected chi connectivity index (χ0v) is 16.4. The van der Waals surface area contributed by atoms with Crippen molar-refractivity contribution in [1.29, 1.82) is 0 Å². The van der Waals surface area contributed by atoms with Crippen LogP contribution < -0.4 is 15.5 Å². The summed E-state index contributed by atoms with van der Waals surface area (Å²) in [5.74, 6) is -0.961. The Balaban J connectivity index is 1.73. The van der Waals surface area contributed by atoms with Crippen LogP contribution in [0, 0.1) is 6.92 Å². The number of amides is 2. The van der Waals surface area contributed by atoms with Gasteiger partial charge in [-0.25, -0.2) is 5.43 Å². The van der Waals surface area contributed by atoms with Crippen molar-refractivity contribution in [1.82, 2.24) is 5.43 Å². The molecule has 29 heavy (non-hydrogen) atoms. The molecule has 2 amide bonds. The zero-order chi connectivity index (χ0) is 20.6. The fourth-order valence-corrected chi connectivity index (χ4v) is 2.78. The van der Waals surface area contributed by atoms with Crippen LogP contribution in [0.25, 0.3) is 10.8 Å². The molecule has 0 aromatic heterocycles. The number of rotatable bonds is 6. The van der Waals surface area contributed by atoms with E-state index in [1.54, 1.807) is 12.1 Å². The van der Waals surface area contributed by atoms with Crippen molar-refractivity contribution in [2.75, 3.05) is 11.9 Å². The molecule has 0 atom stereocenters. The molecule has 0 radical (unpaired) electrons. The molecule has 0 fully saturated rings. The zero-order valence-electron chi connectivity index (χ0n) is 16.4. The predicted octanol–water partition coefficient (Wildman–Crippen LogP) is 4.03. The fourth-order valence-electron chi connectivity index (χ4n) is 2.78. The topological polar surface area (TPSA) is 79.8 Å². The molecule has 0 saturated carbocycles. The fraction of sp³-hybridized carbons (Fsp3) is 0.174. The van der Waals surface area contributed by atoms with Gasteiger partial charge in [0.25, 0.3) is 0 Å². The number of nitrogens with zero attached hydrogens (tertiary/aromatic N) is 1. The molecular weight excluding hydrogens is 366 g/mol. The van der Waals surface area contributed by atoms with Gasteiger partial charge in [0.1, 0.15) is 5.75 Å². The van der Waals surface area contributed by atoms with E-state index in [1.807, 2.05) is 62.4 Å². The second kappa shape index (κ2) is 9.50. The molecule has 0 spiro atoms. The molecule has 0 bridgehead atoms. The normalized spacial score (nSPS) is 10.8. The Kier molecular flexibility index (Phi) is 6.58. The van der Waals surface area contributed by atoms with E-state index < -0.39 is 11.8 Å². The molecule has 0 unspecified atom stereocenters. The van der Waals surface area contributed by atoms with E-state index in [-0.39, 0.29) is 0 Å². The number of carbonyl (C=O) groups excluding carboxylic acids is 2. The maximum atomic E-state index is 12.1. The molecule has 0 aliphatic carbocycles. The van der Waals surface area contributed by atoms with E-state index >= 15 is 0 Å². The molecule has 2 N–H and O–H groups in total. The minimum atomic E-state index is -0.849. The molecule has 6 heteroatoms. The first kappa shape index (κ1) is 20.1. The summed E-state index contributed by atoms with van der Waals surface area (Å²) in [7, 11) is 0. The van der Waals surface area contributed by atoms with Crippen LogP contribution in [-0.4, -0.2) is 24.6 Å². The second-order valence-corrected chi connectivity index (χ2v) is 6.57. The standard InChI is InChI=1S/C23H23N3O3/c1-3-14-29-21-13-10-17-6-4-5-7-19(17)20(21)15-24-26-23(28)22(27)25-18-11-8-16(2)9-12-18/h4-13,15H,3,14H2,1-2H3,(H,25,27)(H,26,28)/b24-15-. The number of hydrogen-bond acceptors (Lipinski definition) is 4. The molecule has 148 valence electrons. The van der Waals surface area contributed by atoms with Crippen molar-refractivity contribution < 1.29 is 14.3 Å². The third kappa shape index (κ3) is 5.19. The van der Waals surface area contributed by atoms with Crippen molar-refractivity contribution >= 4 is 34.5 Å². The monoisotopic (exact) mass is 389 g/mol. The minimum absolute atomic E-state index is 0.545. The van der Waals surface area contributed by atoms with Crippen LogP contribution in [0.2, 0.25) is 0 Å². The van der Waals surface area contributed by atoms with Gasteiger partial charge < -0.3 is 10.1 Å². The average Bonchev–Trinajstić information content (AvgIpc) is 2.74. The van der Waals surface area contributed by atoms with Crippen molar-refractivity contribution in [3.63, 3.8) is 0 Å². The lowest BCUT2D eigenvalue weighted by Crippen LogP contribution is -2.32. The number of aryl methyl sites for hydroxylation is 1. The number of benzene rings is 3. The third-order valence-electron chi connectivity index (χ3n) is 4.27. The van der Waals surface area contributed by atoms with Crippen LogP contribution >= 0.6 is 0 Å². The van der Waals surface area contributed by atoms with E-state index in [9.17, 15) is 9.59 Å². The maximum absolute atomic E-state index is 12.1. The molecule has 0 heterocycles. The minimum Gasteiger partial charge on any atom is -0.493 e. The van der Waals surface area contributed by atoms with Gasteiger partial charge in [0.05, 0.1) is 12.8 Å². The number of hydrazone groups is 1. The van der Waals surface area contributed by atoms with Crippen LogP contribution in [-0.2, 0) is 9.59 Å². The number of ether oxygens (including phenoxy) is 1. The van der Waals surface area contributed by atoms with Crippen molar-refractivity contribution in [3.05, 3.63) is 71.8 Å². The number of carbonyl (C=O) groups is 2. The number of nitrogens with one attached hydrogen (secondary N) is 2. The van der Waals surface area contributed by atoms with Crippen LogP contribution in [0.3, 0.4) is 0 Å². The molecule has 0 aliphatic heterocycles. The molecular formula is C23H23N3O3. The molecule has 3 rings (SSSR count). The molecule has 6 nitrogen and oxygen atoms in total. The van der Waals surface area contributed by atoms with Gasteiger partial charge in [0.15, 0.2) is 0 Å². The Morgan fingerprint density at radius 2 is 1.76 bits per heavy atom. The van der Waals surface area contributed by atoms with Gasteiger partial charge in [-0.2, -0.15) is 5.10 Å². The molecule has 3 aromatic rings. The number of anilines is 1. The van der Waals surface area contributed by atoms with Gasteiger partial charge in [-0.3, -0.25) is 9.59 Å². The number of fused-ring (bicyclic) bond motifs is 1. The highest BCUT2D eigenvalue weighted by Gasteiger charge is 2.13. The van der Waals surface area contributed by atoms with Crippen molar-refractivity contribution in [3.8, 4) is 5.75 Å². The summed E-state index contributed by atoms with van der Waals surface area (Å²) in [5, 5.41) is 8.49. The summed E-state index contributed by atoms with van der Waals surface area (Å²) in [6, 6.07) is 18.9. The van der Waals surface area contributed by atoms with E-state index in [0.29, 0.717) is 18.0 Å². The summed E-state index contributed by atoms with van der Waals surface area (Å²) in [6.07, 6.45) is 2.38. The van der Waals surface area contributed by atoms with Crippen LogP contribution in [0.5, 0.6) is 5.75 Å². The van der Waals surface area contributed by atoms with Gasteiger partial charge in [-0.05, 0) is 42.3 Å². The van der Waals surface area contributed by atoms with Crippen molar-refractivity contribution in [2.24, 2.45) is 5.10 Å². The van der Waals surface area contributed by atoms with E-state index in [1.165, 1.54) is 6.21 Å². The first-order valence-corrected chi connectivity index (χ1v) is 9.44. The van der Waals surface area contributed by atoms with E-state index in [2.05, 4.69) is 15.8 Å². The van der Waals surface area contributed by atoms with Crippen molar-refractivity contribution in [2.45, 2.75) is 20.3 Å². The third-order valence-corrected chi connectivity index (χ3v) is 4.27. The SMILES string of the molecule is CCCOc1ccc2ccccc2c1/C=N\NC(=O)C(=O)Nc1ccc(C)cc1. The van der Waals surface area contributed by atoms with E-state index in [4.69, 9.17) is 4.74 Å². The van der Waals surface area contributed by atoms with Gasteiger partial charge in [-0.1, -0.05) is 55.0 Å². The summed E-state index contributed by atoms with van der Waals surface area (Å²) in [4.78, 5) is 24.1. The smallest absolute Gasteiger partial charge is 0.329 e. The lowest BCUT2D eigenvalue weighted by molar-refractivity contribution is -0.136. The Hall–Kier alpha value is -3.67. The highest BCUT2D eigenvalue weighted by atomic mass is 16.5. The first-order valence-electron chi connectivity index (χ1n) is 9.44. The van der Waals surface area contributed by atoms with Crippen LogP contribution in [0.1, 0.15) is 24.5 Å². The lowest BCUT2D eigenvalue weighted by atomic mass is 10.0. The van der Waals surface area contributed by atoms with Crippen LogP contribution in [0.15, 0.2) is 65.8 Å². The predicted molar refractivity (Wildman–Crippen MR) is 115 cm³/mol. The van der Waals surface area contributed by atoms with Gasteiger partial charge >= 0.3 is 11.8 Å². The highest BCUT2D eigenvalue weighted by Crippen LogP contribution is 2.26. The Morgan fingerprint density at radius 1 is 1.00 bits per heavy atom. The molecule has 3 aromatic carbocycles. The highest BCUT2D eigenvalue weighted by molar-refractivity contribution is 6.39. The second-order valence-electron chi connectivity index (χ2n) is 6.57. The largest absolute Gasteiger partial charge is 0.493 e. The maximum Gasteiger partial charge on any atom is 0.329 e. The lowest BCUT2D eigenvalue weighted by Gasteiger charge is -2.11. The van der Waals surface area contributed by atoms with E-state index in [0.717, 1.165) is 28.3 Å². The summed E-state index contributed by atoms with van der Waals surface area (Å²) < 4.78 is 5.80. The molecule has 0 saturated heterocycles. The summed E-state index contributed by atoms with van der Waals surface area (Å²) >= 11 is 0. The van der Waals surface area contributed by atoms with Gasteiger partial charge in [0.2, 0.25) is 0 Å². The van der Waals surface area contributed by atoms with Gasteiger partial charge in [-0.15, -0.1) is 0 Å². The summed E-state index contributed by atoms with van der Waals surface area (Å²) in [6.45, 7) is 4.55. The Labute approximate surface area is 169 Å². The first-order chi connectivity index (χ1) is 14.1. The van der Waals surface area contributed by atoms with Crippen LogP contribution in [0.4, 0.5) is 5.69 Å².